The Morgan fingerprint density at radius 1 is 1.54 bits per heavy atom. The molecule has 0 spiro atoms. The molecule has 0 fully saturated rings. The van der Waals surface area contributed by atoms with Crippen LogP contribution >= 0.6 is 0 Å². The van der Waals surface area contributed by atoms with Gasteiger partial charge in [-0.25, -0.2) is 4.98 Å². The summed E-state index contributed by atoms with van der Waals surface area (Å²) in [5, 5.41) is 0. The maximum atomic E-state index is 4.17. The van der Waals surface area contributed by atoms with Crippen molar-refractivity contribution >= 4 is 0 Å². The summed E-state index contributed by atoms with van der Waals surface area (Å²) < 4.78 is 2.25. The summed E-state index contributed by atoms with van der Waals surface area (Å²) in [6, 6.07) is 1.25. The van der Waals surface area contributed by atoms with Crippen molar-refractivity contribution in [2.24, 2.45) is 0 Å². The maximum absolute atomic E-state index is 4.17. The lowest BCUT2D eigenvalue weighted by Gasteiger charge is -2.37. The van der Waals surface area contributed by atoms with Crippen LogP contribution in [0.5, 0.6) is 0 Å². The molecular formula is C10H17N3. The SMILES string of the molecule is CC(C)N1Cc2cncn2CC1C. The number of imidazole rings is 1. The molecule has 72 valence electrons. The van der Waals surface area contributed by atoms with Crippen molar-refractivity contribution in [2.45, 2.75) is 45.9 Å². The van der Waals surface area contributed by atoms with Crippen molar-refractivity contribution in [3.8, 4) is 0 Å². The first-order valence-electron chi connectivity index (χ1n) is 4.93. The van der Waals surface area contributed by atoms with Crippen LogP contribution < -0.4 is 0 Å². The predicted octanol–water partition coefficient (Wildman–Crippen LogP) is 1.50. The van der Waals surface area contributed by atoms with Crippen LogP contribution in [-0.4, -0.2) is 26.5 Å². The first-order valence-corrected chi connectivity index (χ1v) is 4.93. The molecular weight excluding hydrogens is 162 g/mol. The lowest BCUT2D eigenvalue weighted by Crippen LogP contribution is -2.44. The van der Waals surface area contributed by atoms with Crippen molar-refractivity contribution < 1.29 is 0 Å². The second kappa shape index (κ2) is 3.14. The van der Waals surface area contributed by atoms with Gasteiger partial charge in [0.05, 0.1) is 12.0 Å². The lowest BCUT2D eigenvalue weighted by molar-refractivity contribution is 0.115. The van der Waals surface area contributed by atoms with E-state index in [1.807, 2.05) is 12.5 Å². The van der Waals surface area contributed by atoms with Crippen LogP contribution in [0.1, 0.15) is 26.5 Å². The van der Waals surface area contributed by atoms with Crippen molar-refractivity contribution in [2.75, 3.05) is 0 Å². The second-order valence-corrected chi connectivity index (χ2v) is 4.15. The van der Waals surface area contributed by atoms with E-state index in [1.165, 1.54) is 5.69 Å². The van der Waals surface area contributed by atoms with Gasteiger partial charge in [0.1, 0.15) is 0 Å². The Labute approximate surface area is 79.4 Å². The third-order valence-corrected chi connectivity index (χ3v) is 2.83. The molecule has 1 atom stereocenters. The van der Waals surface area contributed by atoms with E-state index in [-0.39, 0.29) is 0 Å². The highest BCUT2D eigenvalue weighted by Gasteiger charge is 2.24. The molecule has 1 aromatic rings. The molecule has 0 N–H and O–H groups in total. The number of rotatable bonds is 1. The van der Waals surface area contributed by atoms with E-state index < -0.39 is 0 Å². The minimum atomic E-state index is 0.624. The van der Waals surface area contributed by atoms with Crippen LogP contribution in [0.2, 0.25) is 0 Å². The van der Waals surface area contributed by atoms with Gasteiger partial charge in [-0.1, -0.05) is 0 Å². The predicted molar refractivity (Wildman–Crippen MR) is 52.4 cm³/mol. The van der Waals surface area contributed by atoms with Crippen LogP contribution in [-0.2, 0) is 13.1 Å². The van der Waals surface area contributed by atoms with Gasteiger partial charge >= 0.3 is 0 Å². The highest BCUT2D eigenvalue weighted by atomic mass is 15.3. The fourth-order valence-electron chi connectivity index (χ4n) is 2.07. The number of hydrogen-bond acceptors (Lipinski definition) is 2. The topological polar surface area (TPSA) is 21.1 Å². The fourth-order valence-corrected chi connectivity index (χ4v) is 2.07. The molecule has 0 bridgehead atoms. The van der Waals surface area contributed by atoms with Gasteiger partial charge in [0.15, 0.2) is 0 Å². The van der Waals surface area contributed by atoms with Crippen LogP contribution in [0.3, 0.4) is 0 Å². The molecule has 2 heterocycles. The summed E-state index contributed by atoms with van der Waals surface area (Å²) in [5.41, 5.74) is 1.34. The van der Waals surface area contributed by atoms with Crippen molar-refractivity contribution in [1.82, 2.24) is 14.5 Å². The molecule has 13 heavy (non-hydrogen) atoms. The molecule has 0 saturated heterocycles. The molecule has 3 heteroatoms. The summed E-state index contributed by atoms with van der Waals surface area (Å²) in [5.74, 6) is 0. The first kappa shape index (κ1) is 8.75. The standard InChI is InChI=1S/C10H17N3/c1-8(2)13-6-10-4-11-7-12(10)5-9(13)3/h4,7-9H,5-6H2,1-3H3. The highest BCUT2D eigenvalue weighted by Crippen LogP contribution is 2.18. The Bertz CT molecular complexity index is 290. The van der Waals surface area contributed by atoms with Gasteiger partial charge in [0, 0.05) is 31.4 Å². The molecule has 1 aliphatic heterocycles. The van der Waals surface area contributed by atoms with Gasteiger partial charge in [0.25, 0.3) is 0 Å². The van der Waals surface area contributed by atoms with E-state index in [4.69, 9.17) is 0 Å². The monoisotopic (exact) mass is 179 g/mol. The van der Waals surface area contributed by atoms with E-state index in [0.29, 0.717) is 12.1 Å². The van der Waals surface area contributed by atoms with E-state index in [0.717, 1.165) is 13.1 Å². The first-order chi connectivity index (χ1) is 6.18. The van der Waals surface area contributed by atoms with Gasteiger partial charge in [-0.2, -0.15) is 0 Å². The van der Waals surface area contributed by atoms with Crippen LogP contribution in [0.15, 0.2) is 12.5 Å². The van der Waals surface area contributed by atoms with E-state index in [1.54, 1.807) is 0 Å². The quantitative estimate of drug-likeness (QED) is 0.651. The summed E-state index contributed by atoms with van der Waals surface area (Å²) >= 11 is 0. The van der Waals surface area contributed by atoms with Gasteiger partial charge in [-0.3, -0.25) is 4.90 Å². The fraction of sp³-hybridized carbons (Fsp3) is 0.700. The number of nitrogens with zero attached hydrogens (tertiary/aromatic N) is 3. The van der Waals surface area contributed by atoms with Crippen molar-refractivity contribution in [3.63, 3.8) is 0 Å². The van der Waals surface area contributed by atoms with Crippen LogP contribution in [0.4, 0.5) is 0 Å². The minimum Gasteiger partial charge on any atom is -0.332 e. The molecule has 0 aromatic carbocycles. The Hall–Kier alpha value is -0.830. The van der Waals surface area contributed by atoms with Gasteiger partial charge in [-0.05, 0) is 20.8 Å². The average Bonchev–Trinajstić information content (AvgIpc) is 2.48. The number of hydrogen-bond donors (Lipinski definition) is 0. The van der Waals surface area contributed by atoms with E-state index in [2.05, 4.69) is 35.2 Å². The van der Waals surface area contributed by atoms with E-state index >= 15 is 0 Å². The summed E-state index contributed by atoms with van der Waals surface area (Å²) in [4.78, 5) is 6.68. The van der Waals surface area contributed by atoms with Gasteiger partial charge in [-0.15, -0.1) is 0 Å². The Balaban J connectivity index is 2.22. The minimum absolute atomic E-state index is 0.624. The van der Waals surface area contributed by atoms with Crippen LogP contribution in [0, 0.1) is 0 Å². The smallest absolute Gasteiger partial charge is 0.0949 e. The third kappa shape index (κ3) is 1.48. The van der Waals surface area contributed by atoms with Crippen molar-refractivity contribution in [1.29, 1.82) is 0 Å². The molecule has 0 amide bonds. The highest BCUT2D eigenvalue weighted by molar-refractivity contribution is 5.02. The Morgan fingerprint density at radius 3 is 3.00 bits per heavy atom. The zero-order chi connectivity index (χ0) is 9.42. The summed E-state index contributed by atoms with van der Waals surface area (Å²) in [6.07, 6.45) is 3.91. The molecule has 1 aromatic heterocycles. The molecule has 0 saturated carbocycles. The molecule has 1 unspecified atom stereocenters. The number of aromatic nitrogens is 2. The maximum Gasteiger partial charge on any atom is 0.0949 e. The zero-order valence-electron chi connectivity index (χ0n) is 8.57. The van der Waals surface area contributed by atoms with E-state index in [9.17, 15) is 0 Å². The molecule has 0 radical (unpaired) electrons. The second-order valence-electron chi connectivity index (χ2n) is 4.15. The summed E-state index contributed by atoms with van der Waals surface area (Å²) in [6.45, 7) is 8.90. The largest absolute Gasteiger partial charge is 0.332 e. The van der Waals surface area contributed by atoms with Gasteiger partial charge < -0.3 is 4.57 Å². The summed E-state index contributed by atoms with van der Waals surface area (Å²) in [7, 11) is 0. The Morgan fingerprint density at radius 2 is 2.31 bits per heavy atom. The molecule has 1 aliphatic rings. The third-order valence-electron chi connectivity index (χ3n) is 2.83. The Kier molecular flexibility index (Phi) is 2.12. The molecule has 2 rings (SSSR count). The van der Waals surface area contributed by atoms with Crippen molar-refractivity contribution in [3.05, 3.63) is 18.2 Å². The number of fused-ring (bicyclic) bond motifs is 1. The normalized spacial score (nSPS) is 23.5. The van der Waals surface area contributed by atoms with Gasteiger partial charge in [0.2, 0.25) is 0 Å². The zero-order valence-corrected chi connectivity index (χ0v) is 8.57. The van der Waals surface area contributed by atoms with Crippen LogP contribution in [0.25, 0.3) is 0 Å². The molecule has 3 nitrogen and oxygen atoms in total. The molecule has 0 aliphatic carbocycles. The lowest BCUT2D eigenvalue weighted by atomic mass is 10.1. The average molecular weight is 179 g/mol.